The molecule has 2 heterocycles. The van der Waals surface area contributed by atoms with Crippen molar-refractivity contribution in [1.29, 1.82) is 0 Å². The van der Waals surface area contributed by atoms with Crippen molar-refractivity contribution in [2.24, 2.45) is 0 Å². The number of ketones is 1. The first-order valence-electron chi connectivity index (χ1n) is 11.5. The van der Waals surface area contributed by atoms with Gasteiger partial charge in [-0.1, -0.05) is 30.4 Å². The molecule has 1 aromatic heterocycles. The van der Waals surface area contributed by atoms with Crippen molar-refractivity contribution in [2.45, 2.75) is 33.2 Å². The van der Waals surface area contributed by atoms with Gasteiger partial charge in [0.05, 0.1) is 31.0 Å². The Hall–Kier alpha value is -4.05. The molecule has 0 radical (unpaired) electrons. The Bertz CT molecular complexity index is 1410. The number of amides is 1. The van der Waals surface area contributed by atoms with E-state index in [0.29, 0.717) is 29.2 Å². The predicted octanol–water partition coefficient (Wildman–Crippen LogP) is 5.10. The highest BCUT2D eigenvalue weighted by atomic mass is 32.1. The van der Waals surface area contributed by atoms with E-state index in [2.05, 4.69) is 4.98 Å². The quantitative estimate of drug-likeness (QED) is 0.198. The zero-order valence-electron chi connectivity index (χ0n) is 20.7. The predicted molar refractivity (Wildman–Crippen MR) is 136 cm³/mol. The summed E-state index contributed by atoms with van der Waals surface area (Å²) >= 11 is 0.891. The lowest BCUT2D eigenvalue weighted by atomic mass is 9.95. The van der Waals surface area contributed by atoms with Crippen LogP contribution in [0.3, 0.4) is 0 Å². The molecule has 1 N–H and O–H groups in total. The van der Waals surface area contributed by atoms with E-state index in [-0.39, 0.29) is 21.3 Å². The molecular weight excluding hydrogens is 499 g/mol. The summed E-state index contributed by atoms with van der Waals surface area (Å²) in [6, 6.07) is 9.12. The number of thiazole rings is 1. The summed E-state index contributed by atoms with van der Waals surface area (Å²) in [5, 5.41) is 11.4. The molecule has 1 atom stereocenters. The number of aliphatic hydroxyl groups excluding tert-OH is 1. The molecule has 0 spiro atoms. The van der Waals surface area contributed by atoms with E-state index >= 15 is 0 Å². The Kier molecular flexibility index (Phi) is 7.40. The first kappa shape index (κ1) is 26.0. The van der Waals surface area contributed by atoms with E-state index in [0.717, 1.165) is 28.2 Å². The number of aliphatic hydroxyl groups is 1. The number of methoxy groups -OCH3 is 1. The fraction of sp³-hybridized carbons (Fsp3) is 0.259. The summed E-state index contributed by atoms with van der Waals surface area (Å²) < 4.78 is 24.2. The maximum Gasteiger partial charge on any atom is 0.350 e. The molecule has 3 aromatic rings. The molecular formula is C27H25FN2O6S. The minimum Gasteiger partial charge on any atom is -0.507 e. The van der Waals surface area contributed by atoms with Crippen molar-refractivity contribution < 1.29 is 33.4 Å². The van der Waals surface area contributed by atoms with Gasteiger partial charge in [0.1, 0.15) is 22.2 Å². The zero-order chi connectivity index (χ0) is 26.9. The second-order valence-electron chi connectivity index (χ2n) is 8.45. The van der Waals surface area contributed by atoms with Crippen LogP contribution < -0.4 is 9.64 Å². The molecule has 0 bridgehead atoms. The number of rotatable bonds is 7. The van der Waals surface area contributed by atoms with Crippen LogP contribution in [0.5, 0.6) is 5.75 Å². The number of hydrogen-bond donors (Lipinski definition) is 1. The summed E-state index contributed by atoms with van der Waals surface area (Å²) in [6.45, 7) is 5.91. The van der Waals surface area contributed by atoms with Gasteiger partial charge >= 0.3 is 11.9 Å². The fourth-order valence-electron chi connectivity index (χ4n) is 4.08. The van der Waals surface area contributed by atoms with Crippen LogP contribution in [-0.4, -0.2) is 41.5 Å². The molecule has 1 aliphatic heterocycles. The molecule has 192 valence electrons. The third-order valence-corrected chi connectivity index (χ3v) is 7.04. The zero-order valence-corrected chi connectivity index (χ0v) is 21.5. The summed E-state index contributed by atoms with van der Waals surface area (Å²) in [7, 11) is 1.23. The van der Waals surface area contributed by atoms with Gasteiger partial charge < -0.3 is 14.6 Å². The Morgan fingerprint density at radius 3 is 2.49 bits per heavy atom. The van der Waals surface area contributed by atoms with Crippen molar-refractivity contribution in [3.05, 3.63) is 81.1 Å². The van der Waals surface area contributed by atoms with Gasteiger partial charge in [0.15, 0.2) is 5.13 Å². The Morgan fingerprint density at radius 2 is 1.86 bits per heavy atom. The normalized spacial score (nSPS) is 16.8. The standard InChI is InChI=1S/C27H25FN2O6S/c1-5-12-36-19-11-8-17(13-14(19)2)22(31)20-21(16-6-9-18(28)10-7-16)30(25(33)23(20)32)27-29-15(3)24(37-27)26(34)35-4/h6-11,13,21,31H,5,12H2,1-4H3/t21-/m1/s1. The van der Waals surface area contributed by atoms with Gasteiger partial charge in [-0.15, -0.1) is 0 Å². The summed E-state index contributed by atoms with van der Waals surface area (Å²) in [6.07, 6.45) is 0.830. The lowest BCUT2D eigenvalue weighted by Gasteiger charge is -2.23. The summed E-state index contributed by atoms with van der Waals surface area (Å²) in [4.78, 5) is 44.4. The molecule has 1 amide bonds. The van der Waals surface area contributed by atoms with E-state index in [1.165, 1.54) is 31.4 Å². The van der Waals surface area contributed by atoms with Crippen LogP contribution in [0.1, 0.15) is 51.4 Å². The van der Waals surface area contributed by atoms with E-state index in [1.54, 1.807) is 25.1 Å². The van der Waals surface area contributed by atoms with Gasteiger partial charge in [-0.05, 0) is 61.7 Å². The molecule has 1 saturated heterocycles. The number of Topliss-reactive ketones (excluding diaryl/α,β-unsaturated/α-hetero) is 1. The highest BCUT2D eigenvalue weighted by Gasteiger charge is 2.48. The number of benzene rings is 2. The molecule has 0 unspecified atom stereocenters. The number of hydrogen-bond acceptors (Lipinski definition) is 8. The lowest BCUT2D eigenvalue weighted by Crippen LogP contribution is -2.29. The van der Waals surface area contributed by atoms with E-state index in [4.69, 9.17) is 9.47 Å². The van der Waals surface area contributed by atoms with Crippen LogP contribution in [0.4, 0.5) is 9.52 Å². The highest BCUT2D eigenvalue weighted by molar-refractivity contribution is 7.17. The molecule has 4 rings (SSSR count). The van der Waals surface area contributed by atoms with Crippen LogP contribution in [0, 0.1) is 19.7 Å². The minimum absolute atomic E-state index is 0.0767. The monoisotopic (exact) mass is 524 g/mol. The van der Waals surface area contributed by atoms with Gasteiger partial charge in [0, 0.05) is 5.56 Å². The van der Waals surface area contributed by atoms with Crippen molar-refractivity contribution in [3.63, 3.8) is 0 Å². The molecule has 0 saturated carbocycles. The van der Waals surface area contributed by atoms with Crippen molar-refractivity contribution in [1.82, 2.24) is 4.98 Å². The van der Waals surface area contributed by atoms with E-state index in [1.807, 2.05) is 13.8 Å². The minimum atomic E-state index is -1.10. The second-order valence-corrected chi connectivity index (χ2v) is 9.43. The number of carbonyl (C=O) groups excluding carboxylic acids is 3. The van der Waals surface area contributed by atoms with Gasteiger partial charge in [-0.3, -0.25) is 14.5 Å². The number of esters is 1. The van der Waals surface area contributed by atoms with Crippen LogP contribution in [0.2, 0.25) is 0 Å². The SMILES string of the molecule is CCCOc1ccc(C(O)=C2C(=O)C(=O)N(c3nc(C)c(C(=O)OC)s3)[C@@H]2c2ccc(F)cc2)cc1C. The van der Waals surface area contributed by atoms with Crippen LogP contribution >= 0.6 is 11.3 Å². The molecule has 1 fully saturated rings. The van der Waals surface area contributed by atoms with Gasteiger partial charge in [0.25, 0.3) is 5.78 Å². The number of aromatic nitrogens is 1. The average Bonchev–Trinajstić information content (AvgIpc) is 3.39. The van der Waals surface area contributed by atoms with Crippen molar-refractivity contribution in [2.75, 3.05) is 18.6 Å². The highest BCUT2D eigenvalue weighted by Crippen LogP contribution is 2.44. The van der Waals surface area contributed by atoms with E-state index < -0.39 is 29.5 Å². The van der Waals surface area contributed by atoms with Crippen LogP contribution in [0.25, 0.3) is 5.76 Å². The first-order chi connectivity index (χ1) is 17.7. The van der Waals surface area contributed by atoms with E-state index in [9.17, 15) is 23.9 Å². The average molecular weight is 525 g/mol. The number of halogens is 1. The van der Waals surface area contributed by atoms with Crippen LogP contribution in [0.15, 0.2) is 48.0 Å². The first-order valence-corrected chi connectivity index (χ1v) is 12.4. The Balaban J connectivity index is 1.88. The maximum absolute atomic E-state index is 13.7. The van der Waals surface area contributed by atoms with Gasteiger partial charge in [-0.25, -0.2) is 14.2 Å². The molecule has 8 nitrogen and oxygen atoms in total. The third-order valence-electron chi connectivity index (χ3n) is 5.90. The molecule has 37 heavy (non-hydrogen) atoms. The van der Waals surface area contributed by atoms with Crippen LogP contribution in [-0.2, 0) is 14.3 Å². The molecule has 2 aromatic carbocycles. The maximum atomic E-state index is 13.7. The van der Waals surface area contributed by atoms with Gasteiger partial charge in [0.2, 0.25) is 0 Å². The molecule has 1 aliphatic rings. The smallest absolute Gasteiger partial charge is 0.350 e. The fourth-order valence-corrected chi connectivity index (χ4v) is 5.10. The summed E-state index contributed by atoms with van der Waals surface area (Å²) in [5.41, 5.74) is 1.59. The second kappa shape index (κ2) is 10.5. The molecule has 0 aliphatic carbocycles. The number of nitrogens with zero attached hydrogens (tertiary/aromatic N) is 2. The Morgan fingerprint density at radius 1 is 1.16 bits per heavy atom. The Labute approximate surface area is 217 Å². The summed E-state index contributed by atoms with van der Waals surface area (Å²) in [5.74, 6) is -2.73. The lowest BCUT2D eigenvalue weighted by molar-refractivity contribution is -0.132. The number of ether oxygens (including phenoxy) is 2. The number of carbonyl (C=O) groups is 3. The molecule has 10 heteroatoms. The number of aryl methyl sites for hydroxylation is 2. The van der Waals surface area contributed by atoms with Gasteiger partial charge in [-0.2, -0.15) is 0 Å². The largest absolute Gasteiger partial charge is 0.507 e. The number of anilines is 1. The van der Waals surface area contributed by atoms with Crippen molar-refractivity contribution >= 4 is 39.9 Å². The topological polar surface area (TPSA) is 106 Å². The van der Waals surface area contributed by atoms with Crippen molar-refractivity contribution in [3.8, 4) is 5.75 Å². The third kappa shape index (κ3) is 4.84.